The Balaban J connectivity index is 2.27. The third-order valence-electron chi connectivity index (χ3n) is 3.31. The van der Waals surface area contributed by atoms with Crippen LogP contribution in [-0.2, 0) is 4.74 Å². The number of rotatable bonds is 2. The SMILES string of the molecule is CCOC(=O)Oc1cn2c3c(c(F)c(F)cc3c1=O)OCN2C. The first-order valence-electron chi connectivity index (χ1n) is 6.70. The Morgan fingerprint density at radius 1 is 1.43 bits per heavy atom. The van der Waals surface area contributed by atoms with Crippen LogP contribution in [0, 0.1) is 11.6 Å². The molecule has 0 fully saturated rings. The number of halogens is 2. The van der Waals surface area contributed by atoms with E-state index in [2.05, 4.69) is 4.74 Å². The molecule has 0 saturated carbocycles. The number of nitrogens with zero attached hydrogens (tertiary/aromatic N) is 2. The third kappa shape index (κ3) is 2.33. The largest absolute Gasteiger partial charge is 0.514 e. The van der Waals surface area contributed by atoms with Gasteiger partial charge in [0.2, 0.25) is 17.0 Å². The molecule has 0 aliphatic carbocycles. The Bertz CT molecular complexity index is 865. The van der Waals surface area contributed by atoms with E-state index in [1.54, 1.807) is 14.0 Å². The summed E-state index contributed by atoms with van der Waals surface area (Å²) in [5, 5.41) is 1.32. The van der Waals surface area contributed by atoms with Crippen molar-refractivity contribution in [3.8, 4) is 11.5 Å². The molecule has 0 amide bonds. The van der Waals surface area contributed by atoms with Gasteiger partial charge in [-0.2, -0.15) is 4.39 Å². The molecule has 1 aromatic carbocycles. The maximum absolute atomic E-state index is 13.9. The number of pyridine rings is 1. The molecule has 1 aliphatic heterocycles. The highest BCUT2D eigenvalue weighted by molar-refractivity contribution is 5.87. The molecule has 2 aromatic rings. The van der Waals surface area contributed by atoms with Crippen LogP contribution in [0.2, 0.25) is 0 Å². The van der Waals surface area contributed by atoms with Crippen LogP contribution in [0.5, 0.6) is 11.5 Å². The van der Waals surface area contributed by atoms with Crippen LogP contribution in [0.4, 0.5) is 13.6 Å². The number of ether oxygens (including phenoxy) is 3. The minimum atomic E-state index is -1.23. The molecule has 0 radical (unpaired) electrons. The Morgan fingerprint density at radius 3 is 2.87 bits per heavy atom. The van der Waals surface area contributed by atoms with Crippen molar-refractivity contribution in [2.75, 3.05) is 25.4 Å². The Kier molecular flexibility index (Phi) is 3.55. The fraction of sp³-hybridized carbons (Fsp3) is 0.286. The van der Waals surface area contributed by atoms with Gasteiger partial charge in [-0.1, -0.05) is 0 Å². The average molecular weight is 326 g/mol. The molecule has 0 atom stereocenters. The fourth-order valence-electron chi connectivity index (χ4n) is 2.29. The minimum absolute atomic E-state index is 0.0545. The van der Waals surface area contributed by atoms with E-state index in [0.717, 1.165) is 6.07 Å². The summed E-state index contributed by atoms with van der Waals surface area (Å²) in [4.78, 5) is 23.8. The van der Waals surface area contributed by atoms with E-state index in [-0.39, 0.29) is 35.7 Å². The monoisotopic (exact) mass is 326 g/mol. The molecule has 3 rings (SSSR count). The lowest BCUT2D eigenvalue weighted by Gasteiger charge is -2.30. The van der Waals surface area contributed by atoms with Crippen LogP contribution < -0.4 is 19.9 Å². The van der Waals surface area contributed by atoms with Gasteiger partial charge in [-0.15, -0.1) is 0 Å². The number of aromatic nitrogens is 1. The first-order chi connectivity index (χ1) is 10.9. The van der Waals surface area contributed by atoms with Gasteiger partial charge in [-0.25, -0.2) is 9.18 Å². The van der Waals surface area contributed by atoms with Crippen LogP contribution >= 0.6 is 0 Å². The van der Waals surface area contributed by atoms with Crippen LogP contribution in [0.1, 0.15) is 6.92 Å². The van der Waals surface area contributed by atoms with E-state index in [4.69, 9.17) is 9.47 Å². The lowest BCUT2D eigenvalue weighted by atomic mass is 10.1. The summed E-state index contributed by atoms with van der Waals surface area (Å²) in [5.41, 5.74) is -0.720. The van der Waals surface area contributed by atoms with Crippen molar-refractivity contribution in [1.29, 1.82) is 0 Å². The first kappa shape index (κ1) is 15.1. The van der Waals surface area contributed by atoms with Gasteiger partial charge in [0.05, 0.1) is 18.2 Å². The molecule has 122 valence electrons. The predicted molar refractivity (Wildman–Crippen MR) is 75.4 cm³/mol. The number of hydrogen-bond donors (Lipinski definition) is 0. The van der Waals surface area contributed by atoms with E-state index < -0.39 is 23.2 Å². The number of carbonyl (C=O) groups is 1. The van der Waals surface area contributed by atoms with Gasteiger partial charge in [0.1, 0.15) is 5.52 Å². The molecular formula is C14H12F2N2O5. The van der Waals surface area contributed by atoms with E-state index in [0.29, 0.717) is 0 Å². The van der Waals surface area contributed by atoms with Gasteiger partial charge >= 0.3 is 6.16 Å². The van der Waals surface area contributed by atoms with Crippen LogP contribution in [0.25, 0.3) is 10.9 Å². The van der Waals surface area contributed by atoms with E-state index in [1.807, 2.05) is 0 Å². The molecule has 7 nitrogen and oxygen atoms in total. The minimum Gasteiger partial charge on any atom is -0.466 e. The smallest absolute Gasteiger partial charge is 0.466 e. The van der Waals surface area contributed by atoms with E-state index >= 15 is 0 Å². The summed E-state index contributed by atoms with van der Waals surface area (Å²) < 4.78 is 43.5. The van der Waals surface area contributed by atoms with Gasteiger partial charge in [0.25, 0.3) is 0 Å². The number of benzene rings is 1. The van der Waals surface area contributed by atoms with Crippen molar-refractivity contribution in [1.82, 2.24) is 4.68 Å². The van der Waals surface area contributed by atoms with Crippen molar-refractivity contribution in [2.45, 2.75) is 6.92 Å². The molecule has 9 heteroatoms. The summed E-state index contributed by atoms with van der Waals surface area (Å²) in [6, 6.07) is 0.744. The maximum Gasteiger partial charge on any atom is 0.514 e. The van der Waals surface area contributed by atoms with Crippen molar-refractivity contribution >= 4 is 17.1 Å². The van der Waals surface area contributed by atoms with E-state index in [1.165, 1.54) is 15.9 Å². The van der Waals surface area contributed by atoms with Gasteiger partial charge in [0, 0.05) is 7.05 Å². The molecule has 0 spiro atoms. The lowest BCUT2D eigenvalue weighted by Crippen LogP contribution is -2.39. The van der Waals surface area contributed by atoms with Crippen molar-refractivity contribution in [3.05, 3.63) is 34.1 Å². The molecular weight excluding hydrogens is 314 g/mol. The lowest BCUT2D eigenvalue weighted by molar-refractivity contribution is 0.103. The highest BCUT2D eigenvalue weighted by Crippen LogP contribution is 2.33. The third-order valence-corrected chi connectivity index (χ3v) is 3.31. The Morgan fingerprint density at radius 2 is 2.17 bits per heavy atom. The summed E-state index contributed by atoms with van der Waals surface area (Å²) in [5.74, 6) is -3.13. The van der Waals surface area contributed by atoms with Crippen molar-refractivity contribution < 1.29 is 27.8 Å². The zero-order valence-corrected chi connectivity index (χ0v) is 12.3. The highest BCUT2D eigenvalue weighted by atomic mass is 19.2. The quantitative estimate of drug-likeness (QED) is 0.783. The van der Waals surface area contributed by atoms with Crippen molar-refractivity contribution in [3.63, 3.8) is 0 Å². The molecule has 1 aromatic heterocycles. The molecule has 1 aliphatic rings. The zero-order valence-electron chi connectivity index (χ0n) is 12.3. The van der Waals surface area contributed by atoms with Gasteiger partial charge < -0.3 is 14.2 Å². The normalized spacial score (nSPS) is 13.0. The van der Waals surface area contributed by atoms with Gasteiger partial charge in [0.15, 0.2) is 18.3 Å². The number of hydrogen-bond acceptors (Lipinski definition) is 6. The molecule has 23 heavy (non-hydrogen) atoms. The Labute approximate surface area is 128 Å². The zero-order chi connectivity index (χ0) is 16.7. The van der Waals surface area contributed by atoms with Crippen LogP contribution in [-0.4, -0.2) is 31.2 Å². The standard InChI is InChI=1S/C14H12F2N2O5/c1-3-21-14(20)23-9-5-18-11-7(12(9)19)4-8(15)10(16)13(11)22-6-17(18)2/h4-5H,3,6H2,1-2H3. The fourth-order valence-corrected chi connectivity index (χ4v) is 2.29. The molecule has 2 heterocycles. The second-order valence-corrected chi connectivity index (χ2v) is 4.78. The van der Waals surface area contributed by atoms with Crippen LogP contribution in [0.15, 0.2) is 17.1 Å². The predicted octanol–water partition coefficient (Wildman–Crippen LogP) is 1.73. The molecule has 0 unspecified atom stereocenters. The van der Waals surface area contributed by atoms with Crippen LogP contribution in [0.3, 0.4) is 0 Å². The second kappa shape index (κ2) is 5.41. The first-order valence-corrected chi connectivity index (χ1v) is 6.70. The molecule has 0 bridgehead atoms. The second-order valence-electron chi connectivity index (χ2n) is 4.78. The van der Waals surface area contributed by atoms with Gasteiger partial charge in [-0.3, -0.25) is 14.5 Å². The summed E-state index contributed by atoms with van der Waals surface area (Å²) >= 11 is 0. The Hall–Kier alpha value is -2.84. The van der Waals surface area contributed by atoms with Gasteiger partial charge in [-0.05, 0) is 13.0 Å². The highest BCUT2D eigenvalue weighted by Gasteiger charge is 2.26. The maximum atomic E-state index is 13.9. The molecule has 0 N–H and O–H groups in total. The number of carbonyl (C=O) groups excluding carboxylic acids is 1. The topological polar surface area (TPSA) is 70.0 Å². The average Bonchev–Trinajstić information content (AvgIpc) is 2.50. The molecule has 0 saturated heterocycles. The van der Waals surface area contributed by atoms with E-state index in [9.17, 15) is 18.4 Å². The van der Waals surface area contributed by atoms with Crippen molar-refractivity contribution in [2.24, 2.45) is 0 Å². The summed E-state index contributed by atoms with van der Waals surface area (Å²) in [7, 11) is 1.60. The summed E-state index contributed by atoms with van der Waals surface area (Å²) in [6.45, 7) is 1.57. The summed E-state index contributed by atoms with van der Waals surface area (Å²) in [6.07, 6.45) is 0.138.